The SMILES string of the molecule is CC(=O)c1cc(OCc2ccccc2)ccc1OCC1CO1. The number of Topliss-reactive ketones (excluding diaryl/α,β-unsaturated/α-hetero) is 1. The molecule has 2 aromatic carbocycles. The van der Waals surface area contributed by atoms with Crippen molar-refractivity contribution in [1.82, 2.24) is 0 Å². The van der Waals surface area contributed by atoms with Crippen LogP contribution >= 0.6 is 0 Å². The molecule has 4 heteroatoms. The fourth-order valence-electron chi connectivity index (χ4n) is 2.09. The first-order chi connectivity index (χ1) is 10.7. The number of ketones is 1. The number of hydrogen-bond acceptors (Lipinski definition) is 4. The normalized spacial score (nSPS) is 16.1. The van der Waals surface area contributed by atoms with Crippen molar-refractivity contribution in [1.29, 1.82) is 0 Å². The summed E-state index contributed by atoms with van der Waals surface area (Å²) in [6.07, 6.45) is 0.161. The highest BCUT2D eigenvalue weighted by atomic mass is 16.6. The van der Waals surface area contributed by atoms with Gasteiger partial charge in [0, 0.05) is 0 Å². The van der Waals surface area contributed by atoms with Gasteiger partial charge >= 0.3 is 0 Å². The van der Waals surface area contributed by atoms with Crippen molar-refractivity contribution in [2.75, 3.05) is 13.2 Å². The Balaban J connectivity index is 1.69. The van der Waals surface area contributed by atoms with Gasteiger partial charge < -0.3 is 14.2 Å². The molecule has 0 N–H and O–H groups in total. The second-order valence-corrected chi connectivity index (χ2v) is 5.25. The second kappa shape index (κ2) is 6.62. The maximum Gasteiger partial charge on any atom is 0.163 e. The molecule has 0 bridgehead atoms. The second-order valence-electron chi connectivity index (χ2n) is 5.25. The maximum atomic E-state index is 11.8. The molecule has 2 aromatic rings. The van der Waals surface area contributed by atoms with E-state index in [2.05, 4.69) is 0 Å². The maximum absolute atomic E-state index is 11.8. The Labute approximate surface area is 129 Å². The van der Waals surface area contributed by atoms with Crippen molar-refractivity contribution in [2.24, 2.45) is 0 Å². The fraction of sp³-hybridized carbons (Fsp3) is 0.278. The fourth-order valence-corrected chi connectivity index (χ4v) is 2.09. The van der Waals surface area contributed by atoms with Crippen LogP contribution in [0.2, 0.25) is 0 Å². The standard InChI is InChI=1S/C18H18O4/c1-13(19)17-9-15(20-10-14-5-3-2-4-6-14)7-8-18(17)22-12-16-11-21-16/h2-9,16H,10-12H2,1H3. The van der Waals surface area contributed by atoms with Crippen LogP contribution in [0, 0.1) is 0 Å². The molecule has 114 valence electrons. The van der Waals surface area contributed by atoms with E-state index in [4.69, 9.17) is 14.2 Å². The van der Waals surface area contributed by atoms with Gasteiger partial charge in [0.25, 0.3) is 0 Å². The van der Waals surface area contributed by atoms with Crippen molar-refractivity contribution in [3.8, 4) is 11.5 Å². The summed E-state index contributed by atoms with van der Waals surface area (Å²) in [5, 5.41) is 0. The van der Waals surface area contributed by atoms with Gasteiger partial charge in [0.15, 0.2) is 5.78 Å². The van der Waals surface area contributed by atoms with Gasteiger partial charge in [-0.05, 0) is 30.7 Å². The highest BCUT2D eigenvalue weighted by Crippen LogP contribution is 2.26. The molecule has 1 aliphatic rings. The van der Waals surface area contributed by atoms with Crippen LogP contribution in [0.15, 0.2) is 48.5 Å². The van der Waals surface area contributed by atoms with Gasteiger partial charge in [-0.1, -0.05) is 30.3 Å². The first kappa shape index (κ1) is 14.6. The third-order valence-corrected chi connectivity index (χ3v) is 3.41. The smallest absolute Gasteiger partial charge is 0.163 e. The Kier molecular flexibility index (Phi) is 4.39. The molecule has 0 aliphatic carbocycles. The van der Waals surface area contributed by atoms with Gasteiger partial charge in [-0.2, -0.15) is 0 Å². The van der Waals surface area contributed by atoms with Gasteiger partial charge in [0.05, 0.1) is 12.2 Å². The van der Waals surface area contributed by atoms with Crippen molar-refractivity contribution in [3.05, 3.63) is 59.7 Å². The third-order valence-electron chi connectivity index (χ3n) is 3.41. The number of benzene rings is 2. The number of carbonyl (C=O) groups excluding carboxylic acids is 1. The highest BCUT2D eigenvalue weighted by Gasteiger charge is 2.24. The van der Waals surface area contributed by atoms with E-state index in [-0.39, 0.29) is 11.9 Å². The minimum absolute atomic E-state index is 0.0446. The molecular formula is C18H18O4. The lowest BCUT2D eigenvalue weighted by Gasteiger charge is -2.12. The van der Waals surface area contributed by atoms with Crippen molar-refractivity contribution in [3.63, 3.8) is 0 Å². The zero-order chi connectivity index (χ0) is 15.4. The van der Waals surface area contributed by atoms with Crippen LogP contribution in [0.4, 0.5) is 0 Å². The number of rotatable bonds is 7. The van der Waals surface area contributed by atoms with Gasteiger partial charge in [-0.3, -0.25) is 4.79 Å². The molecule has 0 aromatic heterocycles. The van der Waals surface area contributed by atoms with Crippen molar-refractivity contribution in [2.45, 2.75) is 19.6 Å². The topological polar surface area (TPSA) is 48.1 Å². The van der Waals surface area contributed by atoms with Crippen LogP contribution in [-0.4, -0.2) is 25.1 Å². The molecule has 1 heterocycles. The molecule has 1 unspecified atom stereocenters. The molecule has 1 saturated heterocycles. The molecule has 0 amide bonds. The van der Waals surface area contributed by atoms with Gasteiger partial charge in [0.2, 0.25) is 0 Å². The van der Waals surface area contributed by atoms with Crippen LogP contribution in [0.25, 0.3) is 0 Å². The summed E-state index contributed by atoms with van der Waals surface area (Å²) in [6.45, 7) is 3.20. The molecule has 1 aliphatic heterocycles. The van der Waals surface area contributed by atoms with Gasteiger partial charge in [-0.25, -0.2) is 0 Å². The Bertz CT molecular complexity index is 647. The Hall–Kier alpha value is -2.33. The predicted molar refractivity (Wildman–Crippen MR) is 82.5 cm³/mol. The molecule has 0 spiro atoms. The highest BCUT2D eigenvalue weighted by molar-refractivity contribution is 5.97. The van der Waals surface area contributed by atoms with Crippen molar-refractivity contribution < 1.29 is 19.0 Å². The summed E-state index contributed by atoms with van der Waals surface area (Å²) in [4.78, 5) is 11.8. The quantitative estimate of drug-likeness (QED) is 0.581. The largest absolute Gasteiger partial charge is 0.490 e. The lowest BCUT2D eigenvalue weighted by molar-refractivity contribution is 0.101. The Morgan fingerprint density at radius 2 is 1.95 bits per heavy atom. The number of hydrogen-bond donors (Lipinski definition) is 0. The first-order valence-corrected chi connectivity index (χ1v) is 7.28. The van der Waals surface area contributed by atoms with Crippen LogP contribution in [0.1, 0.15) is 22.8 Å². The molecular weight excluding hydrogens is 280 g/mol. The van der Waals surface area contributed by atoms with Crippen LogP contribution in [0.3, 0.4) is 0 Å². The van der Waals surface area contributed by atoms with E-state index in [0.29, 0.717) is 30.3 Å². The van der Waals surface area contributed by atoms with Crippen LogP contribution in [0.5, 0.6) is 11.5 Å². The van der Waals surface area contributed by atoms with E-state index in [1.807, 2.05) is 36.4 Å². The molecule has 0 radical (unpaired) electrons. The lowest BCUT2D eigenvalue weighted by Crippen LogP contribution is -2.07. The number of ether oxygens (including phenoxy) is 3. The lowest BCUT2D eigenvalue weighted by atomic mass is 10.1. The third kappa shape index (κ3) is 3.86. The van der Waals surface area contributed by atoms with E-state index in [0.717, 1.165) is 12.2 Å². The number of carbonyl (C=O) groups is 1. The molecule has 1 atom stereocenters. The molecule has 3 rings (SSSR count). The minimum Gasteiger partial charge on any atom is -0.490 e. The van der Waals surface area contributed by atoms with E-state index in [9.17, 15) is 4.79 Å². The monoisotopic (exact) mass is 298 g/mol. The molecule has 22 heavy (non-hydrogen) atoms. The van der Waals surface area contributed by atoms with E-state index in [1.165, 1.54) is 6.92 Å². The molecule has 0 saturated carbocycles. The number of epoxide rings is 1. The van der Waals surface area contributed by atoms with Gasteiger partial charge in [0.1, 0.15) is 30.8 Å². The zero-order valence-electron chi connectivity index (χ0n) is 12.5. The predicted octanol–water partition coefficient (Wildman–Crippen LogP) is 3.25. The molecule has 1 fully saturated rings. The van der Waals surface area contributed by atoms with E-state index in [1.54, 1.807) is 12.1 Å². The van der Waals surface area contributed by atoms with Crippen LogP contribution in [-0.2, 0) is 11.3 Å². The van der Waals surface area contributed by atoms with E-state index >= 15 is 0 Å². The average molecular weight is 298 g/mol. The minimum atomic E-state index is -0.0446. The zero-order valence-corrected chi connectivity index (χ0v) is 12.5. The Morgan fingerprint density at radius 1 is 1.18 bits per heavy atom. The summed E-state index contributed by atoms with van der Waals surface area (Å²) in [5.41, 5.74) is 1.62. The Morgan fingerprint density at radius 3 is 2.64 bits per heavy atom. The molecule has 4 nitrogen and oxygen atoms in total. The summed E-state index contributed by atoms with van der Waals surface area (Å²) >= 11 is 0. The summed E-state index contributed by atoms with van der Waals surface area (Å²) in [7, 11) is 0. The van der Waals surface area contributed by atoms with Crippen molar-refractivity contribution >= 4 is 5.78 Å². The van der Waals surface area contributed by atoms with Crippen LogP contribution < -0.4 is 9.47 Å². The first-order valence-electron chi connectivity index (χ1n) is 7.28. The van der Waals surface area contributed by atoms with Gasteiger partial charge in [-0.15, -0.1) is 0 Å². The average Bonchev–Trinajstić information content (AvgIpc) is 3.36. The van der Waals surface area contributed by atoms with E-state index < -0.39 is 0 Å². The summed E-state index contributed by atoms with van der Waals surface area (Å²) in [5.74, 6) is 1.19. The summed E-state index contributed by atoms with van der Waals surface area (Å²) < 4.78 is 16.5. The summed E-state index contributed by atoms with van der Waals surface area (Å²) in [6, 6.07) is 15.2.